The lowest BCUT2D eigenvalue weighted by Gasteiger charge is -2.33. The zero-order chi connectivity index (χ0) is 12.1. The summed E-state index contributed by atoms with van der Waals surface area (Å²) in [5.74, 6) is 0. The maximum atomic E-state index is 9.36. The van der Waals surface area contributed by atoms with Crippen LogP contribution < -0.4 is 5.32 Å². The average molecular weight is 255 g/mol. The largest absolute Gasteiger partial charge is 0.395 e. The SMILES string of the molecule is CCNc1ncc(CN2CCCCC2CO)s1. The van der Waals surface area contributed by atoms with Gasteiger partial charge in [0, 0.05) is 30.2 Å². The van der Waals surface area contributed by atoms with E-state index in [-0.39, 0.29) is 6.61 Å². The maximum absolute atomic E-state index is 9.36. The van der Waals surface area contributed by atoms with Gasteiger partial charge in [-0.05, 0) is 26.3 Å². The molecule has 1 aliphatic rings. The molecule has 4 nitrogen and oxygen atoms in total. The van der Waals surface area contributed by atoms with Crippen molar-refractivity contribution >= 4 is 16.5 Å². The molecular formula is C12H21N3OS. The van der Waals surface area contributed by atoms with Crippen molar-refractivity contribution in [3.05, 3.63) is 11.1 Å². The molecule has 96 valence electrons. The summed E-state index contributed by atoms with van der Waals surface area (Å²) in [7, 11) is 0. The number of rotatable bonds is 5. The Balaban J connectivity index is 1.93. The van der Waals surface area contributed by atoms with E-state index in [0.717, 1.165) is 31.2 Å². The monoisotopic (exact) mass is 255 g/mol. The van der Waals surface area contributed by atoms with E-state index in [1.807, 2.05) is 6.20 Å². The Labute approximate surface area is 107 Å². The number of hydrogen-bond acceptors (Lipinski definition) is 5. The number of hydrogen-bond donors (Lipinski definition) is 2. The second-order valence-corrected chi connectivity index (χ2v) is 5.58. The van der Waals surface area contributed by atoms with E-state index < -0.39 is 0 Å². The number of aliphatic hydroxyl groups is 1. The number of thiazole rings is 1. The third kappa shape index (κ3) is 3.40. The molecule has 0 amide bonds. The van der Waals surface area contributed by atoms with Crippen LogP contribution in [0.1, 0.15) is 31.1 Å². The van der Waals surface area contributed by atoms with E-state index in [1.54, 1.807) is 11.3 Å². The predicted molar refractivity (Wildman–Crippen MR) is 71.4 cm³/mol. The van der Waals surface area contributed by atoms with Crippen molar-refractivity contribution < 1.29 is 5.11 Å². The predicted octanol–water partition coefficient (Wildman–Crippen LogP) is 1.92. The highest BCUT2D eigenvalue weighted by atomic mass is 32.1. The van der Waals surface area contributed by atoms with Crippen LogP contribution >= 0.6 is 11.3 Å². The van der Waals surface area contributed by atoms with E-state index in [1.165, 1.54) is 17.7 Å². The van der Waals surface area contributed by atoms with Crippen LogP contribution in [-0.4, -0.2) is 40.7 Å². The highest BCUT2D eigenvalue weighted by molar-refractivity contribution is 7.15. The molecule has 0 radical (unpaired) electrons. The Bertz CT molecular complexity index is 342. The second kappa shape index (κ2) is 6.33. The van der Waals surface area contributed by atoms with Gasteiger partial charge in [0.15, 0.2) is 5.13 Å². The number of anilines is 1. The molecule has 1 aromatic heterocycles. The van der Waals surface area contributed by atoms with E-state index in [9.17, 15) is 5.11 Å². The van der Waals surface area contributed by atoms with Crippen molar-refractivity contribution in [1.29, 1.82) is 0 Å². The van der Waals surface area contributed by atoms with Crippen molar-refractivity contribution in [1.82, 2.24) is 9.88 Å². The number of likely N-dealkylation sites (tertiary alicyclic amines) is 1. The van der Waals surface area contributed by atoms with Crippen LogP contribution in [0.3, 0.4) is 0 Å². The van der Waals surface area contributed by atoms with Crippen LogP contribution in [0.4, 0.5) is 5.13 Å². The molecule has 2 rings (SSSR count). The Morgan fingerprint density at radius 2 is 2.47 bits per heavy atom. The van der Waals surface area contributed by atoms with Gasteiger partial charge in [-0.15, -0.1) is 11.3 Å². The quantitative estimate of drug-likeness (QED) is 0.844. The van der Waals surface area contributed by atoms with Crippen LogP contribution in [0.15, 0.2) is 6.20 Å². The summed E-state index contributed by atoms with van der Waals surface area (Å²) in [6, 6.07) is 0.341. The van der Waals surface area contributed by atoms with Crippen LogP contribution in [-0.2, 0) is 6.54 Å². The van der Waals surface area contributed by atoms with Gasteiger partial charge in [-0.25, -0.2) is 4.98 Å². The van der Waals surface area contributed by atoms with Gasteiger partial charge >= 0.3 is 0 Å². The summed E-state index contributed by atoms with van der Waals surface area (Å²) >= 11 is 1.72. The fraction of sp³-hybridized carbons (Fsp3) is 0.750. The van der Waals surface area contributed by atoms with Crippen molar-refractivity contribution in [2.75, 3.05) is 25.0 Å². The van der Waals surface area contributed by atoms with Gasteiger partial charge < -0.3 is 10.4 Å². The van der Waals surface area contributed by atoms with Gasteiger partial charge in [0.1, 0.15) is 0 Å². The summed E-state index contributed by atoms with van der Waals surface area (Å²) in [6.07, 6.45) is 5.56. The van der Waals surface area contributed by atoms with Crippen molar-refractivity contribution in [3.8, 4) is 0 Å². The van der Waals surface area contributed by atoms with E-state index >= 15 is 0 Å². The summed E-state index contributed by atoms with van der Waals surface area (Å²) < 4.78 is 0. The standard InChI is InChI=1S/C12H21N3OS/c1-2-13-12-14-7-11(17-12)8-15-6-4-3-5-10(15)9-16/h7,10,16H,2-6,8-9H2,1H3,(H,13,14). The fourth-order valence-corrected chi connectivity index (χ4v) is 3.19. The lowest BCUT2D eigenvalue weighted by atomic mass is 10.0. The highest BCUT2D eigenvalue weighted by Crippen LogP contribution is 2.23. The first-order valence-electron chi connectivity index (χ1n) is 6.37. The Hall–Kier alpha value is -0.650. The summed E-state index contributed by atoms with van der Waals surface area (Å²) in [5, 5.41) is 13.6. The first-order chi connectivity index (χ1) is 8.33. The molecule has 0 saturated carbocycles. The van der Waals surface area contributed by atoms with Crippen LogP contribution in [0.2, 0.25) is 0 Å². The summed E-state index contributed by atoms with van der Waals surface area (Å²) in [5.41, 5.74) is 0. The molecule has 1 aliphatic heterocycles. The molecule has 2 heterocycles. The number of piperidine rings is 1. The maximum Gasteiger partial charge on any atom is 0.182 e. The van der Waals surface area contributed by atoms with Gasteiger partial charge in [-0.2, -0.15) is 0 Å². The molecule has 17 heavy (non-hydrogen) atoms. The minimum atomic E-state index is 0.277. The molecule has 0 aromatic carbocycles. The minimum Gasteiger partial charge on any atom is -0.395 e. The molecule has 1 aromatic rings. The van der Waals surface area contributed by atoms with Gasteiger partial charge in [0.2, 0.25) is 0 Å². The van der Waals surface area contributed by atoms with Gasteiger partial charge in [-0.3, -0.25) is 4.90 Å². The van der Waals surface area contributed by atoms with Crippen LogP contribution in [0.25, 0.3) is 0 Å². The normalized spacial score (nSPS) is 21.6. The molecule has 1 atom stereocenters. The second-order valence-electron chi connectivity index (χ2n) is 4.46. The highest BCUT2D eigenvalue weighted by Gasteiger charge is 2.22. The molecule has 0 spiro atoms. The first-order valence-corrected chi connectivity index (χ1v) is 7.18. The van der Waals surface area contributed by atoms with Gasteiger partial charge in [0.05, 0.1) is 6.61 Å². The lowest BCUT2D eigenvalue weighted by Crippen LogP contribution is -2.40. The molecule has 2 N–H and O–H groups in total. The van der Waals surface area contributed by atoms with Crippen LogP contribution in [0, 0.1) is 0 Å². The van der Waals surface area contributed by atoms with Crippen molar-refractivity contribution in [2.24, 2.45) is 0 Å². The average Bonchev–Trinajstić information content (AvgIpc) is 2.78. The number of aliphatic hydroxyl groups excluding tert-OH is 1. The smallest absolute Gasteiger partial charge is 0.182 e. The zero-order valence-corrected chi connectivity index (χ0v) is 11.2. The molecule has 0 aliphatic carbocycles. The van der Waals surface area contributed by atoms with Crippen molar-refractivity contribution in [2.45, 2.75) is 38.8 Å². The zero-order valence-electron chi connectivity index (χ0n) is 10.4. The third-order valence-corrected chi connectivity index (χ3v) is 4.14. The first kappa shape index (κ1) is 12.8. The Kier molecular flexibility index (Phi) is 4.76. The Morgan fingerprint density at radius 3 is 3.24 bits per heavy atom. The third-order valence-electron chi connectivity index (χ3n) is 3.20. The lowest BCUT2D eigenvalue weighted by molar-refractivity contribution is 0.0849. The van der Waals surface area contributed by atoms with Gasteiger partial charge in [-0.1, -0.05) is 6.42 Å². The summed E-state index contributed by atoms with van der Waals surface area (Å²) in [6.45, 7) is 5.29. The molecule has 1 unspecified atom stereocenters. The van der Waals surface area contributed by atoms with E-state index in [2.05, 4.69) is 22.1 Å². The van der Waals surface area contributed by atoms with Crippen LogP contribution in [0.5, 0.6) is 0 Å². The molecule has 5 heteroatoms. The molecular weight excluding hydrogens is 234 g/mol. The van der Waals surface area contributed by atoms with E-state index in [0.29, 0.717) is 6.04 Å². The fourth-order valence-electron chi connectivity index (χ4n) is 2.29. The number of nitrogens with one attached hydrogen (secondary N) is 1. The molecule has 0 bridgehead atoms. The molecule has 1 saturated heterocycles. The van der Waals surface area contributed by atoms with Crippen molar-refractivity contribution in [3.63, 3.8) is 0 Å². The summed E-state index contributed by atoms with van der Waals surface area (Å²) in [4.78, 5) is 8.00. The number of nitrogens with zero attached hydrogens (tertiary/aromatic N) is 2. The number of aromatic nitrogens is 1. The van der Waals surface area contributed by atoms with E-state index in [4.69, 9.17) is 0 Å². The van der Waals surface area contributed by atoms with Gasteiger partial charge in [0.25, 0.3) is 0 Å². The minimum absolute atomic E-state index is 0.277. The molecule has 1 fully saturated rings. The topological polar surface area (TPSA) is 48.4 Å². The Morgan fingerprint density at radius 1 is 1.59 bits per heavy atom.